The molecule has 2 heterocycles. The lowest BCUT2D eigenvalue weighted by Gasteiger charge is -2.24. The minimum Gasteiger partial charge on any atom is -0.493 e. The third kappa shape index (κ3) is 2.34. The standard InChI is InChI=1S/C14H16N2O4/c1-18-11-3-2-10-12(14(17)16-8-15-10)13(11)20-9-4-6-19-7-5-9/h2-3,8-9H,4-7H2,1H3,(H,15,16,17). The summed E-state index contributed by atoms with van der Waals surface area (Å²) in [5.74, 6) is 1.01. The van der Waals surface area contributed by atoms with E-state index in [0.29, 0.717) is 35.6 Å². The molecule has 1 N–H and O–H groups in total. The van der Waals surface area contributed by atoms with E-state index in [4.69, 9.17) is 14.2 Å². The predicted molar refractivity (Wildman–Crippen MR) is 73.4 cm³/mol. The summed E-state index contributed by atoms with van der Waals surface area (Å²) in [6, 6.07) is 3.52. The molecule has 6 heteroatoms. The van der Waals surface area contributed by atoms with Gasteiger partial charge in [0.05, 0.1) is 32.2 Å². The molecule has 0 bridgehead atoms. The van der Waals surface area contributed by atoms with Crippen LogP contribution in [0, 0.1) is 0 Å². The molecular weight excluding hydrogens is 260 g/mol. The van der Waals surface area contributed by atoms with Crippen LogP contribution in [-0.2, 0) is 4.74 Å². The van der Waals surface area contributed by atoms with Crippen molar-refractivity contribution in [3.63, 3.8) is 0 Å². The summed E-state index contributed by atoms with van der Waals surface area (Å²) >= 11 is 0. The highest BCUT2D eigenvalue weighted by atomic mass is 16.5. The number of hydrogen-bond donors (Lipinski definition) is 1. The highest BCUT2D eigenvalue weighted by Gasteiger charge is 2.20. The van der Waals surface area contributed by atoms with Crippen LogP contribution in [0.1, 0.15) is 12.8 Å². The molecule has 3 rings (SSSR count). The average Bonchev–Trinajstić information content (AvgIpc) is 2.49. The highest BCUT2D eigenvalue weighted by Crippen LogP contribution is 2.34. The minimum absolute atomic E-state index is 0.0304. The fraction of sp³-hybridized carbons (Fsp3) is 0.429. The molecule has 0 saturated carbocycles. The number of aromatic amines is 1. The van der Waals surface area contributed by atoms with Crippen LogP contribution in [-0.4, -0.2) is 36.4 Å². The van der Waals surface area contributed by atoms with E-state index in [1.807, 2.05) is 0 Å². The number of hydrogen-bond acceptors (Lipinski definition) is 5. The first kappa shape index (κ1) is 12.9. The van der Waals surface area contributed by atoms with E-state index in [1.165, 1.54) is 6.33 Å². The van der Waals surface area contributed by atoms with E-state index in [0.717, 1.165) is 12.8 Å². The van der Waals surface area contributed by atoms with Gasteiger partial charge in [-0.25, -0.2) is 4.98 Å². The van der Waals surface area contributed by atoms with Crippen LogP contribution in [0.3, 0.4) is 0 Å². The van der Waals surface area contributed by atoms with Crippen molar-refractivity contribution in [2.24, 2.45) is 0 Å². The number of nitrogens with one attached hydrogen (secondary N) is 1. The van der Waals surface area contributed by atoms with Crippen LogP contribution in [0.2, 0.25) is 0 Å². The number of rotatable bonds is 3. The molecule has 0 unspecified atom stereocenters. The van der Waals surface area contributed by atoms with E-state index < -0.39 is 0 Å². The van der Waals surface area contributed by atoms with Gasteiger partial charge < -0.3 is 19.2 Å². The van der Waals surface area contributed by atoms with E-state index in [9.17, 15) is 4.79 Å². The maximum atomic E-state index is 12.1. The van der Waals surface area contributed by atoms with E-state index in [1.54, 1.807) is 19.2 Å². The van der Waals surface area contributed by atoms with Gasteiger partial charge in [-0.05, 0) is 12.1 Å². The summed E-state index contributed by atoms with van der Waals surface area (Å²) < 4.78 is 16.6. The number of nitrogens with zero attached hydrogens (tertiary/aromatic N) is 1. The fourth-order valence-corrected chi connectivity index (χ4v) is 2.35. The molecule has 20 heavy (non-hydrogen) atoms. The van der Waals surface area contributed by atoms with Crippen LogP contribution in [0.25, 0.3) is 10.9 Å². The highest BCUT2D eigenvalue weighted by molar-refractivity contribution is 5.86. The lowest BCUT2D eigenvalue weighted by molar-refractivity contribution is 0.0252. The smallest absolute Gasteiger partial charge is 0.262 e. The van der Waals surface area contributed by atoms with Gasteiger partial charge in [0.2, 0.25) is 0 Å². The molecule has 0 spiro atoms. The Morgan fingerprint density at radius 1 is 1.35 bits per heavy atom. The average molecular weight is 276 g/mol. The van der Waals surface area contributed by atoms with Crippen LogP contribution in [0.5, 0.6) is 11.5 Å². The van der Waals surface area contributed by atoms with Crippen molar-refractivity contribution in [3.8, 4) is 11.5 Å². The van der Waals surface area contributed by atoms with Gasteiger partial charge in [-0.1, -0.05) is 0 Å². The van der Waals surface area contributed by atoms with Crippen molar-refractivity contribution in [1.82, 2.24) is 9.97 Å². The summed E-state index contributed by atoms with van der Waals surface area (Å²) in [6.45, 7) is 1.35. The zero-order chi connectivity index (χ0) is 13.9. The summed E-state index contributed by atoms with van der Waals surface area (Å²) in [5, 5.41) is 0.429. The Bertz CT molecular complexity index is 662. The van der Waals surface area contributed by atoms with Crippen molar-refractivity contribution in [3.05, 3.63) is 28.8 Å². The van der Waals surface area contributed by atoms with E-state index in [-0.39, 0.29) is 11.7 Å². The minimum atomic E-state index is -0.226. The second-order valence-electron chi connectivity index (χ2n) is 4.65. The summed E-state index contributed by atoms with van der Waals surface area (Å²) in [7, 11) is 1.56. The zero-order valence-electron chi connectivity index (χ0n) is 11.2. The molecule has 1 aromatic heterocycles. The largest absolute Gasteiger partial charge is 0.493 e. The molecule has 106 valence electrons. The zero-order valence-corrected chi connectivity index (χ0v) is 11.2. The quantitative estimate of drug-likeness (QED) is 0.919. The molecule has 1 aliphatic heterocycles. The van der Waals surface area contributed by atoms with Gasteiger partial charge in [0.1, 0.15) is 11.5 Å². The maximum Gasteiger partial charge on any atom is 0.262 e. The first-order valence-corrected chi connectivity index (χ1v) is 6.58. The predicted octanol–water partition coefficient (Wildman–Crippen LogP) is 1.49. The van der Waals surface area contributed by atoms with Crippen molar-refractivity contribution in [1.29, 1.82) is 0 Å². The van der Waals surface area contributed by atoms with Gasteiger partial charge in [-0.2, -0.15) is 0 Å². The van der Waals surface area contributed by atoms with Crippen molar-refractivity contribution >= 4 is 10.9 Å². The molecule has 0 aliphatic carbocycles. The molecule has 2 aromatic rings. The van der Waals surface area contributed by atoms with Crippen LogP contribution < -0.4 is 15.0 Å². The summed E-state index contributed by atoms with van der Waals surface area (Å²) in [5.41, 5.74) is 0.368. The topological polar surface area (TPSA) is 73.4 Å². The lowest BCUT2D eigenvalue weighted by atomic mass is 10.1. The molecule has 1 aromatic carbocycles. The Morgan fingerprint density at radius 3 is 2.90 bits per heavy atom. The van der Waals surface area contributed by atoms with Gasteiger partial charge in [0, 0.05) is 12.8 Å². The fourth-order valence-electron chi connectivity index (χ4n) is 2.35. The summed E-state index contributed by atoms with van der Waals surface area (Å²) in [6.07, 6.45) is 3.02. The number of H-pyrrole nitrogens is 1. The second-order valence-corrected chi connectivity index (χ2v) is 4.65. The van der Waals surface area contributed by atoms with Gasteiger partial charge in [0.25, 0.3) is 5.56 Å². The normalized spacial score (nSPS) is 16.2. The van der Waals surface area contributed by atoms with Crippen molar-refractivity contribution in [2.75, 3.05) is 20.3 Å². The second kappa shape index (κ2) is 5.50. The molecular formula is C14H16N2O4. The molecule has 0 radical (unpaired) electrons. The third-order valence-corrected chi connectivity index (χ3v) is 3.40. The third-order valence-electron chi connectivity index (χ3n) is 3.40. The Morgan fingerprint density at radius 2 is 2.15 bits per heavy atom. The van der Waals surface area contributed by atoms with E-state index >= 15 is 0 Å². The van der Waals surface area contributed by atoms with Crippen molar-refractivity contribution in [2.45, 2.75) is 18.9 Å². The summed E-state index contributed by atoms with van der Waals surface area (Å²) in [4.78, 5) is 18.8. The number of ether oxygens (including phenoxy) is 3. The van der Waals surface area contributed by atoms with Gasteiger partial charge in [-0.15, -0.1) is 0 Å². The van der Waals surface area contributed by atoms with Crippen LogP contribution in [0.15, 0.2) is 23.3 Å². The molecule has 1 saturated heterocycles. The number of benzene rings is 1. The first-order chi connectivity index (χ1) is 9.79. The Balaban J connectivity index is 2.08. The Labute approximate surface area is 115 Å². The monoisotopic (exact) mass is 276 g/mol. The Kier molecular flexibility index (Phi) is 3.56. The molecule has 1 aliphatic rings. The SMILES string of the molecule is COc1ccc2nc[nH]c(=O)c2c1OC1CCOCC1. The molecule has 0 amide bonds. The van der Waals surface area contributed by atoms with Gasteiger partial charge in [0.15, 0.2) is 11.5 Å². The lowest BCUT2D eigenvalue weighted by Crippen LogP contribution is -2.26. The van der Waals surface area contributed by atoms with Gasteiger partial charge >= 0.3 is 0 Å². The molecule has 6 nitrogen and oxygen atoms in total. The number of fused-ring (bicyclic) bond motifs is 1. The molecule has 1 fully saturated rings. The van der Waals surface area contributed by atoms with Crippen LogP contribution in [0.4, 0.5) is 0 Å². The first-order valence-electron chi connectivity index (χ1n) is 6.58. The van der Waals surface area contributed by atoms with Crippen LogP contribution >= 0.6 is 0 Å². The number of aromatic nitrogens is 2. The van der Waals surface area contributed by atoms with E-state index in [2.05, 4.69) is 9.97 Å². The van der Waals surface area contributed by atoms with Gasteiger partial charge in [-0.3, -0.25) is 4.79 Å². The maximum absolute atomic E-state index is 12.1. The number of methoxy groups -OCH3 is 1. The molecule has 0 atom stereocenters. The van der Waals surface area contributed by atoms with Crippen molar-refractivity contribution < 1.29 is 14.2 Å². The Hall–Kier alpha value is -2.08.